The number of fused-ring (bicyclic) bond motifs is 7. The third-order valence-electron chi connectivity index (χ3n) is 12.6. The van der Waals surface area contributed by atoms with Crippen LogP contribution in [0.25, 0.3) is 0 Å². The van der Waals surface area contributed by atoms with Crippen LogP contribution in [0, 0.1) is 44.3 Å². The maximum absolute atomic E-state index is 12.8. The van der Waals surface area contributed by atoms with Crippen molar-refractivity contribution in [3.05, 3.63) is 23.3 Å². The van der Waals surface area contributed by atoms with E-state index in [4.69, 9.17) is 0 Å². The van der Waals surface area contributed by atoms with E-state index in [0.29, 0.717) is 18.8 Å². The number of allylic oxidation sites excluding steroid dienone is 3. The highest BCUT2D eigenvalue weighted by atomic mass is 16.4. The number of carboxylic acid groups (broad SMARTS) is 1. The predicted octanol–water partition coefficient (Wildman–Crippen LogP) is 6.12. The van der Waals surface area contributed by atoms with Crippen LogP contribution in [0.3, 0.4) is 0 Å². The van der Waals surface area contributed by atoms with Crippen molar-refractivity contribution in [3.8, 4) is 0 Å². The maximum atomic E-state index is 12.8. The fourth-order valence-electron chi connectivity index (χ4n) is 9.91. The average Bonchev–Trinajstić information content (AvgIpc) is 2.74. The highest BCUT2D eigenvalue weighted by Gasteiger charge is 2.68. The molecular weight excluding hydrogens is 424 g/mol. The normalized spacial score (nSPS) is 51.1. The van der Waals surface area contributed by atoms with Crippen LogP contribution in [0.1, 0.15) is 99.8 Å². The van der Waals surface area contributed by atoms with Gasteiger partial charge in [0, 0.05) is 5.92 Å². The van der Waals surface area contributed by atoms with E-state index in [-0.39, 0.29) is 39.1 Å². The number of hydrogen-bond donors (Lipinski definition) is 3. The maximum Gasteiger partial charge on any atom is 0.310 e. The van der Waals surface area contributed by atoms with Crippen LogP contribution in [-0.4, -0.2) is 33.5 Å². The summed E-state index contributed by atoms with van der Waals surface area (Å²) in [5.74, 6) is -0.631. The molecule has 0 bridgehead atoms. The molecular formula is C30H46O4. The fraction of sp³-hybridized carbons (Fsp3) is 0.833. The van der Waals surface area contributed by atoms with Gasteiger partial charge in [0.25, 0.3) is 0 Å². The second-order valence-electron chi connectivity index (χ2n) is 14.6. The molecule has 8 unspecified atom stereocenters. The molecule has 5 aliphatic carbocycles. The standard InChI is InChI=1S/C30H46O4/c1-25(2)14-16-30(24(33)34)17-15-28(6)18(22(30)23(25)32)8-9-20-27(5)12-11-21(31)26(3,4)19(27)10-13-29(20,28)7/h8-9,19,21-23,31-32H,10-17H2,1-7H3,(H,33,34). The molecule has 0 saturated heterocycles. The summed E-state index contributed by atoms with van der Waals surface area (Å²) >= 11 is 0. The number of aliphatic carboxylic acids is 1. The summed E-state index contributed by atoms with van der Waals surface area (Å²) in [6, 6.07) is 0. The highest BCUT2D eigenvalue weighted by Crippen LogP contribution is 2.74. The van der Waals surface area contributed by atoms with Crippen molar-refractivity contribution >= 4 is 5.97 Å². The van der Waals surface area contributed by atoms with Crippen LogP contribution in [-0.2, 0) is 4.79 Å². The summed E-state index contributed by atoms with van der Waals surface area (Å²) in [6.07, 6.45) is 10.5. The topological polar surface area (TPSA) is 77.8 Å². The van der Waals surface area contributed by atoms with Crippen molar-refractivity contribution in [2.45, 2.75) is 112 Å². The molecule has 5 aliphatic rings. The molecule has 0 aromatic heterocycles. The van der Waals surface area contributed by atoms with Crippen molar-refractivity contribution in [1.29, 1.82) is 0 Å². The summed E-state index contributed by atoms with van der Waals surface area (Å²) in [5, 5.41) is 33.0. The first-order valence-corrected chi connectivity index (χ1v) is 13.6. The minimum Gasteiger partial charge on any atom is -0.481 e. The molecule has 0 radical (unpaired) electrons. The van der Waals surface area contributed by atoms with E-state index in [2.05, 4.69) is 60.6 Å². The smallest absolute Gasteiger partial charge is 0.310 e. The van der Waals surface area contributed by atoms with E-state index in [0.717, 1.165) is 38.5 Å². The lowest BCUT2D eigenvalue weighted by atomic mass is 9.35. The number of rotatable bonds is 1. The Morgan fingerprint density at radius 1 is 0.824 bits per heavy atom. The third-order valence-corrected chi connectivity index (χ3v) is 12.6. The van der Waals surface area contributed by atoms with Gasteiger partial charge in [0.1, 0.15) is 0 Å². The third kappa shape index (κ3) is 2.71. The van der Waals surface area contributed by atoms with Crippen LogP contribution >= 0.6 is 0 Å². The van der Waals surface area contributed by atoms with Gasteiger partial charge in [-0.15, -0.1) is 0 Å². The Bertz CT molecular complexity index is 974. The first-order chi connectivity index (χ1) is 15.6. The SMILES string of the molecule is CC1(C)CCC2(C(=O)O)CCC3(C)C(=CC=C4C5(C)CCC(O)C(C)(C)C5CCC43C)C2C1O. The Morgan fingerprint density at radius 3 is 2.12 bits per heavy atom. The molecule has 0 heterocycles. The number of carbonyl (C=O) groups is 1. The van der Waals surface area contributed by atoms with Gasteiger partial charge in [-0.05, 0) is 84.4 Å². The second kappa shape index (κ2) is 7.00. The second-order valence-corrected chi connectivity index (χ2v) is 14.6. The molecule has 5 rings (SSSR count). The Labute approximate surface area is 205 Å². The van der Waals surface area contributed by atoms with E-state index in [9.17, 15) is 20.1 Å². The minimum atomic E-state index is -0.861. The molecule has 0 aliphatic heterocycles. The van der Waals surface area contributed by atoms with Gasteiger partial charge in [-0.25, -0.2) is 0 Å². The van der Waals surface area contributed by atoms with Gasteiger partial charge in [-0.2, -0.15) is 0 Å². The first-order valence-electron chi connectivity index (χ1n) is 13.6. The van der Waals surface area contributed by atoms with Crippen LogP contribution in [0.5, 0.6) is 0 Å². The summed E-state index contributed by atoms with van der Waals surface area (Å²) in [6.45, 7) is 15.9. The van der Waals surface area contributed by atoms with Crippen LogP contribution in [0.15, 0.2) is 23.3 Å². The van der Waals surface area contributed by atoms with Crippen LogP contribution in [0.2, 0.25) is 0 Å². The van der Waals surface area contributed by atoms with E-state index < -0.39 is 17.5 Å². The number of hydrogen-bond acceptors (Lipinski definition) is 3. The Kier molecular flexibility index (Phi) is 5.06. The van der Waals surface area contributed by atoms with Gasteiger partial charge in [0.15, 0.2) is 0 Å². The van der Waals surface area contributed by atoms with Crippen molar-refractivity contribution < 1.29 is 20.1 Å². The molecule has 0 aromatic carbocycles. The highest BCUT2D eigenvalue weighted by molar-refractivity contribution is 5.77. The molecule has 3 N–H and O–H groups in total. The molecule has 0 spiro atoms. The first kappa shape index (κ1) is 24.6. The zero-order valence-electron chi connectivity index (χ0n) is 22.4. The van der Waals surface area contributed by atoms with Gasteiger partial charge in [0.05, 0.1) is 17.6 Å². The average molecular weight is 471 g/mol. The van der Waals surface area contributed by atoms with Crippen LogP contribution < -0.4 is 0 Å². The van der Waals surface area contributed by atoms with E-state index in [1.165, 1.54) is 11.1 Å². The molecule has 0 amide bonds. The van der Waals surface area contributed by atoms with Crippen molar-refractivity contribution in [2.75, 3.05) is 0 Å². The molecule has 190 valence electrons. The van der Waals surface area contributed by atoms with Gasteiger partial charge in [-0.3, -0.25) is 4.79 Å². The summed E-state index contributed by atoms with van der Waals surface area (Å²) in [4.78, 5) is 12.8. The lowest BCUT2D eigenvalue weighted by Crippen LogP contribution is -2.64. The minimum absolute atomic E-state index is 0.0343. The zero-order chi connectivity index (χ0) is 25.1. The van der Waals surface area contributed by atoms with Gasteiger partial charge < -0.3 is 15.3 Å². The largest absolute Gasteiger partial charge is 0.481 e. The van der Waals surface area contributed by atoms with Crippen molar-refractivity contribution in [2.24, 2.45) is 44.3 Å². The molecule has 4 saturated carbocycles. The van der Waals surface area contributed by atoms with Gasteiger partial charge >= 0.3 is 5.97 Å². The quantitative estimate of drug-likeness (QED) is 0.431. The molecule has 4 nitrogen and oxygen atoms in total. The van der Waals surface area contributed by atoms with Crippen molar-refractivity contribution in [3.63, 3.8) is 0 Å². The van der Waals surface area contributed by atoms with E-state index in [1.54, 1.807) is 0 Å². The Hall–Kier alpha value is -1.13. The Balaban J connectivity index is 1.68. The van der Waals surface area contributed by atoms with E-state index in [1.807, 2.05) is 0 Å². The number of aliphatic hydroxyl groups excluding tert-OH is 2. The molecule has 34 heavy (non-hydrogen) atoms. The molecule has 4 fully saturated rings. The number of carboxylic acids is 1. The lowest BCUT2D eigenvalue weighted by Gasteiger charge is -2.68. The van der Waals surface area contributed by atoms with Gasteiger partial charge in [-0.1, -0.05) is 71.8 Å². The predicted molar refractivity (Wildman–Crippen MR) is 134 cm³/mol. The molecule has 8 atom stereocenters. The Morgan fingerprint density at radius 2 is 1.47 bits per heavy atom. The zero-order valence-corrected chi connectivity index (χ0v) is 22.4. The monoisotopic (exact) mass is 470 g/mol. The molecule has 4 heteroatoms. The molecule has 0 aromatic rings. The fourth-order valence-corrected chi connectivity index (χ4v) is 9.91. The summed E-state index contributed by atoms with van der Waals surface area (Å²) in [5.41, 5.74) is 1.23. The number of aliphatic hydroxyl groups is 2. The lowest BCUT2D eigenvalue weighted by molar-refractivity contribution is -0.178. The van der Waals surface area contributed by atoms with Crippen molar-refractivity contribution in [1.82, 2.24) is 0 Å². The summed E-state index contributed by atoms with van der Waals surface area (Å²) < 4.78 is 0. The van der Waals surface area contributed by atoms with Gasteiger partial charge in [0.2, 0.25) is 0 Å². The van der Waals surface area contributed by atoms with E-state index >= 15 is 0 Å². The summed E-state index contributed by atoms with van der Waals surface area (Å²) in [7, 11) is 0. The van der Waals surface area contributed by atoms with Crippen LogP contribution in [0.4, 0.5) is 0 Å².